The Hall–Kier alpha value is -1.79. The Morgan fingerprint density at radius 3 is 2.89 bits per heavy atom. The van der Waals surface area contributed by atoms with E-state index in [0.29, 0.717) is 30.1 Å². The third-order valence-corrected chi connectivity index (χ3v) is 2.53. The van der Waals surface area contributed by atoms with E-state index in [1.54, 1.807) is 30.1 Å². The molecule has 0 aliphatic rings. The molecule has 0 N–H and O–H groups in total. The maximum absolute atomic E-state index is 10.9. The minimum Gasteiger partial charge on any atom is -0.383 e. The van der Waals surface area contributed by atoms with Crippen LogP contribution >= 0.6 is 11.6 Å². The van der Waals surface area contributed by atoms with Crippen molar-refractivity contribution >= 4 is 16.8 Å². The molecule has 2 aromatic rings. The molecular formula is C11H11ClN4O2. The zero-order chi connectivity index (χ0) is 13.0. The largest absolute Gasteiger partial charge is 0.383 e. The van der Waals surface area contributed by atoms with Crippen LogP contribution < -0.4 is 0 Å². The lowest BCUT2D eigenvalue weighted by atomic mass is 10.2. The average molecular weight is 267 g/mol. The van der Waals surface area contributed by atoms with E-state index < -0.39 is 5.24 Å². The average Bonchev–Trinajstić information content (AvgIpc) is 2.85. The number of hydrogen-bond donors (Lipinski definition) is 0. The van der Waals surface area contributed by atoms with Crippen molar-refractivity contribution in [2.45, 2.75) is 6.54 Å². The van der Waals surface area contributed by atoms with Gasteiger partial charge in [0.25, 0.3) is 5.24 Å². The van der Waals surface area contributed by atoms with E-state index in [4.69, 9.17) is 16.3 Å². The summed E-state index contributed by atoms with van der Waals surface area (Å²) in [6.45, 7) is 1.19. The number of methoxy groups -OCH3 is 1. The van der Waals surface area contributed by atoms with Crippen LogP contribution in [0, 0.1) is 0 Å². The maximum Gasteiger partial charge on any atom is 0.253 e. The standard InChI is InChI=1S/C11H11ClN4O2/c1-18-5-4-16-7-10(14-15-16)9-3-2-8(6-13-9)11(12)17/h2-3,6-7H,4-5H2,1H3. The van der Waals surface area contributed by atoms with Crippen molar-refractivity contribution in [3.8, 4) is 11.4 Å². The van der Waals surface area contributed by atoms with Gasteiger partial charge < -0.3 is 4.74 Å². The van der Waals surface area contributed by atoms with Crippen molar-refractivity contribution in [1.29, 1.82) is 0 Å². The molecular weight excluding hydrogens is 256 g/mol. The topological polar surface area (TPSA) is 69.9 Å². The van der Waals surface area contributed by atoms with E-state index >= 15 is 0 Å². The summed E-state index contributed by atoms with van der Waals surface area (Å²) in [4.78, 5) is 15.0. The number of aromatic nitrogens is 4. The second-order valence-electron chi connectivity index (χ2n) is 3.57. The van der Waals surface area contributed by atoms with Crippen LogP contribution in [0.2, 0.25) is 0 Å². The second-order valence-corrected chi connectivity index (χ2v) is 3.91. The quantitative estimate of drug-likeness (QED) is 0.765. The monoisotopic (exact) mass is 266 g/mol. The normalized spacial score (nSPS) is 10.6. The van der Waals surface area contributed by atoms with Crippen molar-refractivity contribution in [1.82, 2.24) is 20.0 Å². The molecule has 0 aromatic carbocycles. The van der Waals surface area contributed by atoms with Crippen LogP contribution in [0.1, 0.15) is 10.4 Å². The highest BCUT2D eigenvalue weighted by Gasteiger charge is 2.07. The van der Waals surface area contributed by atoms with Gasteiger partial charge in [-0.1, -0.05) is 5.21 Å². The Balaban J connectivity index is 2.15. The maximum atomic E-state index is 10.9. The van der Waals surface area contributed by atoms with Crippen molar-refractivity contribution in [2.24, 2.45) is 0 Å². The number of halogens is 1. The zero-order valence-corrected chi connectivity index (χ0v) is 10.5. The molecule has 0 saturated carbocycles. The predicted octanol–water partition coefficient (Wildman–Crippen LogP) is 1.37. The molecule has 0 amide bonds. The number of carbonyl (C=O) groups is 1. The summed E-state index contributed by atoms with van der Waals surface area (Å²) < 4.78 is 6.61. The predicted molar refractivity (Wildman–Crippen MR) is 65.3 cm³/mol. The van der Waals surface area contributed by atoms with E-state index in [1.165, 1.54) is 6.20 Å². The van der Waals surface area contributed by atoms with Crippen molar-refractivity contribution in [2.75, 3.05) is 13.7 Å². The van der Waals surface area contributed by atoms with Crippen LogP contribution in [0.4, 0.5) is 0 Å². The molecule has 0 unspecified atom stereocenters. The summed E-state index contributed by atoms with van der Waals surface area (Å²) in [7, 11) is 1.63. The van der Waals surface area contributed by atoms with Crippen LogP contribution in [-0.2, 0) is 11.3 Å². The van der Waals surface area contributed by atoms with Gasteiger partial charge in [-0.2, -0.15) is 0 Å². The summed E-state index contributed by atoms with van der Waals surface area (Å²) in [6.07, 6.45) is 3.18. The Kier molecular flexibility index (Phi) is 4.01. The highest BCUT2D eigenvalue weighted by molar-refractivity contribution is 6.67. The molecule has 2 rings (SSSR count). The minimum absolute atomic E-state index is 0.354. The molecule has 0 aliphatic carbocycles. The lowest BCUT2D eigenvalue weighted by molar-refractivity contribution is 0.108. The van der Waals surface area contributed by atoms with Crippen LogP contribution in [-0.4, -0.2) is 38.9 Å². The van der Waals surface area contributed by atoms with Gasteiger partial charge in [-0.3, -0.25) is 9.78 Å². The first-order valence-electron chi connectivity index (χ1n) is 5.26. The van der Waals surface area contributed by atoms with E-state index in [-0.39, 0.29) is 0 Å². The first kappa shape index (κ1) is 12.7. The van der Waals surface area contributed by atoms with E-state index in [2.05, 4.69) is 15.3 Å². The first-order chi connectivity index (χ1) is 8.70. The van der Waals surface area contributed by atoms with Crippen LogP contribution in [0.5, 0.6) is 0 Å². The van der Waals surface area contributed by atoms with Crippen LogP contribution in [0.15, 0.2) is 24.5 Å². The van der Waals surface area contributed by atoms with Gasteiger partial charge in [0.15, 0.2) is 0 Å². The van der Waals surface area contributed by atoms with E-state index in [1.807, 2.05) is 0 Å². The Bertz CT molecular complexity index is 538. The Morgan fingerprint density at radius 2 is 2.28 bits per heavy atom. The van der Waals surface area contributed by atoms with Gasteiger partial charge in [0, 0.05) is 13.3 Å². The highest BCUT2D eigenvalue weighted by atomic mass is 35.5. The molecule has 0 atom stereocenters. The summed E-state index contributed by atoms with van der Waals surface area (Å²) in [5, 5.41) is 7.40. The number of nitrogens with zero attached hydrogens (tertiary/aromatic N) is 4. The van der Waals surface area contributed by atoms with E-state index in [0.717, 1.165) is 0 Å². The van der Waals surface area contributed by atoms with Gasteiger partial charge in [-0.15, -0.1) is 5.10 Å². The number of ether oxygens (including phenoxy) is 1. The third-order valence-electron chi connectivity index (χ3n) is 2.32. The van der Waals surface area contributed by atoms with Crippen molar-refractivity contribution < 1.29 is 9.53 Å². The molecule has 0 fully saturated rings. The second kappa shape index (κ2) is 5.70. The lowest BCUT2D eigenvalue weighted by Crippen LogP contribution is -2.04. The molecule has 0 spiro atoms. The molecule has 0 radical (unpaired) electrons. The first-order valence-corrected chi connectivity index (χ1v) is 5.64. The van der Waals surface area contributed by atoms with Crippen molar-refractivity contribution in [3.05, 3.63) is 30.1 Å². The number of rotatable bonds is 5. The summed E-state index contributed by atoms with van der Waals surface area (Å²) in [5.74, 6) is 0. The summed E-state index contributed by atoms with van der Waals surface area (Å²) in [6, 6.07) is 3.28. The Morgan fingerprint density at radius 1 is 1.44 bits per heavy atom. The molecule has 2 heterocycles. The van der Waals surface area contributed by atoms with Gasteiger partial charge >= 0.3 is 0 Å². The van der Waals surface area contributed by atoms with Gasteiger partial charge in [0.05, 0.1) is 30.6 Å². The molecule has 0 aliphatic heterocycles. The fourth-order valence-electron chi connectivity index (χ4n) is 1.37. The fourth-order valence-corrected chi connectivity index (χ4v) is 1.48. The molecule has 2 aromatic heterocycles. The van der Waals surface area contributed by atoms with Gasteiger partial charge in [-0.25, -0.2) is 4.68 Å². The van der Waals surface area contributed by atoms with Gasteiger partial charge in [-0.05, 0) is 23.7 Å². The number of hydrogen-bond acceptors (Lipinski definition) is 5. The molecule has 6 nitrogen and oxygen atoms in total. The smallest absolute Gasteiger partial charge is 0.253 e. The van der Waals surface area contributed by atoms with Gasteiger partial charge in [0.1, 0.15) is 5.69 Å². The molecule has 18 heavy (non-hydrogen) atoms. The number of pyridine rings is 1. The molecule has 7 heteroatoms. The minimum atomic E-state index is -0.530. The van der Waals surface area contributed by atoms with Gasteiger partial charge in [0.2, 0.25) is 0 Å². The Labute approximate surface area is 109 Å². The summed E-state index contributed by atoms with van der Waals surface area (Å²) >= 11 is 5.34. The van der Waals surface area contributed by atoms with Crippen molar-refractivity contribution in [3.63, 3.8) is 0 Å². The lowest BCUT2D eigenvalue weighted by Gasteiger charge is -1.97. The molecule has 94 valence electrons. The number of carbonyl (C=O) groups excluding carboxylic acids is 1. The molecule has 0 saturated heterocycles. The fraction of sp³-hybridized carbons (Fsp3) is 0.273. The zero-order valence-electron chi connectivity index (χ0n) is 9.71. The van der Waals surface area contributed by atoms with Crippen LogP contribution in [0.25, 0.3) is 11.4 Å². The molecule has 0 bridgehead atoms. The highest BCUT2D eigenvalue weighted by Crippen LogP contribution is 2.14. The summed E-state index contributed by atoms with van der Waals surface area (Å²) in [5.41, 5.74) is 1.63. The SMILES string of the molecule is COCCn1cc(-c2ccc(C(=O)Cl)cn2)nn1. The third kappa shape index (κ3) is 2.91. The van der Waals surface area contributed by atoms with E-state index in [9.17, 15) is 4.79 Å². The van der Waals surface area contributed by atoms with Crippen LogP contribution in [0.3, 0.4) is 0 Å².